The SMILES string of the molecule is COc1cc(N2CCN(C(=O)c3ccc4c(c3)CC(=O)CO4)CC2)cc(OC)c1OC. The fraction of sp³-hybridized carbons (Fsp3) is 0.391. The maximum atomic E-state index is 13.0. The molecule has 1 fully saturated rings. The van der Waals surface area contributed by atoms with Crippen molar-refractivity contribution < 1.29 is 28.5 Å². The third-order valence-electron chi connectivity index (χ3n) is 5.67. The number of hydrogen-bond donors (Lipinski definition) is 0. The van der Waals surface area contributed by atoms with Gasteiger partial charge in [0.25, 0.3) is 5.91 Å². The molecule has 2 aromatic carbocycles. The highest BCUT2D eigenvalue weighted by Gasteiger charge is 2.26. The molecule has 0 bridgehead atoms. The van der Waals surface area contributed by atoms with Crippen molar-refractivity contribution in [1.29, 1.82) is 0 Å². The Labute approximate surface area is 181 Å². The number of nitrogens with zero attached hydrogens (tertiary/aromatic N) is 2. The van der Waals surface area contributed by atoms with Crippen LogP contribution in [-0.2, 0) is 11.2 Å². The van der Waals surface area contributed by atoms with Crippen molar-refractivity contribution in [3.05, 3.63) is 41.5 Å². The van der Waals surface area contributed by atoms with Crippen LogP contribution in [0.5, 0.6) is 23.0 Å². The highest BCUT2D eigenvalue weighted by molar-refractivity contribution is 5.95. The lowest BCUT2D eigenvalue weighted by Gasteiger charge is -2.36. The zero-order valence-electron chi connectivity index (χ0n) is 18.0. The molecule has 0 aromatic heterocycles. The number of piperazine rings is 1. The third-order valence-corrected chi connectivity index (χ3v) is 5.67. The second-order valence-electron chi connectivity index (χ2n) is 7.49. The molecule has 2 aliphatic heterocycles. The number of Topliss-reactive ketones (excluding diaryl/α,β-unsaturated/α-hetero) is 1. The monoisotopic (exact) mass is 426 g/mol. The first-order chi connectivity index (χ1) is 15.0. The maximum Gasteiger partial charge on any atom is 0.253 e. The number of carbonyl (C=O) groups excluding carboxylic acids is 2. The molecule has 0 aliphatic carbocycles. The van der Waals surface area contributed by atoms with E-state index in [-0.39, 0.29) is 18.3 Å². The van der Waals surface area contributed by atoms with Gasteiger partial charge < -0.3 is 28.7 Å². The molecule has 0 atom stereocenters. The number of ketones is 1. The molecule has 8 heteroatoms. The van der Waals surface area contributed by atoms with Crippen LogP contribution in [0.3, 0.4) is 0 Å². The fourth-order valence-electron chi connectivity index (χ4n) is 4.01. The molecule has 2 aliphatic rings. The van der Waals surface area contributed by atoms with Crippen LogP contribution in [0.15, 0.2) is 30.3 Å². The summed E-state index contributed by atoms with van der Waals surface area (Å²) in [5, 5.41) is 0. The topological polar surface area (TPSA) is 77.5 Å². The van der Waals surface area contributed by atoms with Crippen LogP contribution in [0.1, 0.15) is 15.9 Å². The van der Waals surface area contributed by atoms with E-state index in [4.69, 9.17) is 18.9 Å². The van der Waals surface area contributed by atoms with E-state index in [1.807, 2.05) is 17.0 Å². The van der Waals surface area contributed by atoms with Gasteiger partial charge in [0.15, 0.2) is 17.3 Å². The molecule has 1 amide bonds. The van der Waals surface area contributed by atoms with Crippen molar-refractivity contribution in [2.45, 2.75) is 6.42 Å². The van der Waals surface area contributed by atoms with Crippen LogP contribution in [0.4, 0.5) is 5.69 Å². The van der Waals surface area contributed by atoms with E-state index in [0.717, 1.165) is 11.3 Å². The van der Waals surface area contributed by atoms with E-state index in [0.29, 0.717) is 61.2 Å². The molecule has 8 nitrogen and oxygen atoms in total. The van der Waals surface area contributed by atoms with E-state index in [1.54, 1.807) is 39.5 Å². The van der Waals surface area contributed by atoms with Gasteiger partial charge in [-0.05, 0) is 18.2 Å². The van der Waals surface area contributed by atoms with Crippen molar-refractivity contribution in [2.24, 2.45) is 0 Å². The zero-order chi connectivity index (χ0) is 22.0. The molecule has 2 heterocycles. The lowest BCUT2D eigenvalue weighted by molar-refractivity contribution is -0.121. The Morgan fingerprint density at radius 2 is 1.61 bits per heavy atom. The molecule has 0 spiro atoms. The van der Waals surface area contributed by atoms with Gasteiger partial charge in [0.05, 0.1) is 21.3 Å². The van der Waals surface area contributed by atoms with E-state index >= 15 is 0 Å². The zero-order valence-corrected chi connectivity index (χ0v) is 18.0. The average Bonchev–Trinajstić information content (AvgIpc) is 2.82. The molecule has 4 rings (SSSR count). The summed E-state index contributed by atoms with van der Waals surface area (Å²) < 4.78 is 21.7. The second-order valence-corrected chi connectivity index (χ2v) is 7.49. The van der Waals surface area contributed by atoms with Gasteiger partial charge in [0.2, 0.25) is 5.75 Å². The molecule has 0 N–H and O–H groups in total. The number of amides is 1. The molecule has 0 radical (unpaired) electrons. The van der Waals surface area contributed by atoms with Gasteiger partial charge in [-0.3, -0.25) is 9.59 Å². The number of ether oxygens (including phenoxy) is 4. The number of fused-ring (bicyclic) bond motifs is 1. The lowest BCUT2D eigenvalue weighted by Crippen LogP contribution is -2.48. The molecular formula is C23H26N2O6. The average molecular weight is 426 g/mol. The Morgan fingerprint density at radius 1 is 0.935 bits per heavy atom. The quantitative estimate of drug-likeness (QED) is 0.725. The Morgan fingerprint density at radius 3 is 2.23 bits per heavy atom. The third kappa shape index (κ3) is 4.10. The van der Waals surface area contributed by atoms with Crippen molar-refractivity contribution >= 4 is 17.4 Å². The minimum absolute atomic E-state index is 0.0241. The summed E-state index contributed by atoms with van der Waals surface area (Å²) in [4.78, 5) is 28.7. The highest BCUT2D eigenvalue weighted by Crippen LogP contribution is 2.41. The number of carbonyl (C=O) groups is 2. The first-order valence-corrected chi connectivity index (χ1v) is 10.2. The lowest BCUT2D eigenvalue weighted by atomic mass is 10.0. The summed E-state index contributed by atoms with van der Waals surface area (Å²) >= 11 is 0. The minimum atomic E-state index is -0.0367. The summed E-state index contributed by atoms with van der Waals surface area (Å²) in [5.41, 5.74) is 2.31. The van der Waals surface area contributed by atoms with Gasteiger partial charge in [-0.1, -0.05) is 0 Å². The van der Waals surface area contributed by atoms with Crippen molar-refractivity contribution in [1.82, 2.24) is 4.90 Å². The summed E-state index contributed by atoms with van der Waals surface area (Å²) in [6, 6.07) is 9.16. The number of hydrogen-bond acceptors (Lipinski definition) is 7. The first kappa shape index (κ1) is 20.8. The predicted octanol–water partition coefficient (Wildman–Crippen LogP) is 2.18. The highest BCUT2D eigenvalue weighted by atomic mass is 16.5. The van der Waals surface area contributed by atoms with Crippen LogP contribution >= 0.6 is 0 Å². The van der Waals surface area contributed by atoms with Crippen LogP contribution in [0.25, 0.3) is 0 Å². The molecule has 2 aromatic rings. The molecular weight excluding hydrogens is 400 g/mol. The first-order valence-electron chi connectivity index (χ1n) is 10.2. The van der Waals surface area contributed by atoms with E-state index in [2.05, 4.69) is 4.90 Å². The van der Waals surface area contributed by atoms with E-state index in [9.17, 15) is 9.59 Å². The van der Waals surface area contributed by atoms with Gasteiger partial charge in [-0.2, -0.15) is 0 Å². The second kappa shape index (κ2) is 8.75. The van der Waals surface area contributed by atoms with Gasteiger partial charge in [-0.25, -0.2) is 0 Å². The summed E-state index contributed by atoms with van der Waals surface area (Å²) in [5.74, 6) is 2.42. The van der Waals surface area contributed by atoms with Crippen LogP contribution < -0.4 is 23.8 Å². The normalized spacial score (nSPS) is 15.8. The maximum absolute atomic E-state index is 13.0. The van der Waals surface area contributed by atoms with Crippen molar-refractivity contribution in [2.75, 3.05) is 59.0 Å². The number of anilines is 1. The van der Waals surface area contributed by atoms with Crippen LogP contribution in [0.2, 0.25) is 0 Å². The number of rotatable bonds is 5. The van der Waals surface area contributed by atoms with Crippen molar-refractivity contribution in [3.8, 4) is 23.0 Å². The Kier molecular flexibility index (Phi) is 5.88. The Hall–Kier alpha value is -3.42. The largest absolute Gasteiger partial charge is 0.493 e. The van der Waals surface area contributed by atoms with Crippen LogP contribution in [-0.4, -0.2) is 70.7 Å². The Bertz CT molecular complexity index is 973. The van der Waals surface area contributed by atoms with Crippen molar-refractivity contribution in [3.63, 3.8) is 0 Å². The molecule has 0 unspecified atom stereocenters. The van der Waals surface area contributed by atoms with Gasteiger partial charge in [-0.15, -0.1) is 0 Å². The smallest absolute Gasteiger partial charge is 0.253 e. The summed E-state index contributed by atoms with van der Waals surface area (Å²) in [6.07, 6.45) is 0.311. The van der Waals surface area contributed by atoms with Gasteiger partial charge >= 0.3 is 0 Å². The summed E-state index contributed by atoms with van der Waals surface area (Å²) in [7, 11) is 4.76. The van der Waals surface area contributed by atoms with E-state index < -0.39 is 0 Å². The molecule has 0 saturated carbocycles. The van der Waals surface area contributed by atoms with Crippen LogP contribution in [0, 0.1) is 0 Å². The Balaban J connectivity index is 1.46. The molecule has 1 saturated heterocycles. The molecule has 31 heavy (non-hydrogen) atoms. The van der Waals surface area contributed by atoms with E-state index in [1.165, 1.54) is 0 Å². The minimum Gasteiger partial charge on any atom is -0.493 e. The summed E-state index contributed by atoms with van der Waals surface area (Å²) in [6.45, 7) is 2.63. The van der Waals surface area contributed by atoms with Gasteiger partial charge in [0, 0.05) is 61.5 Å². The standard InChI is InChI=1S/C23H26N2O6/c1-28-20-12-17(13-21(29-2)22(20)30-3)24-6-8-25(9-7-24)23(27)15-4-5-19-16(10-15)11-18(26)14-31-19/h4-5,10,12-13H,6-9,11,14H2,1-3H3. The van der Waals surface area contributed by atoms with Gasteiger partial charge in [0.1, 0.15) is 12.4 Å². The fourth-order valence-corrected chi connectivity index (χ4v) is 4.01. The number of benzene rings is 2. The molecule has 164 valence electrons. The predicted molar refractivity (Wildman–Crippen MR) is 115 cm³/mol. The number of methoxy groups -OCH3 is 3.